The highest BCUT2D eigenvalue weighted by atomic mass is 32.1. The van der Waals surface area contributed by atoms with Gasteiger partial charge in [0.05, 0.1) is 6.54 Å². The molecular weight excluding hydrogens is 360 g/mol. The second-order valence-corrected chi connectivity index (χ2v) is 8.04. The molecule has 0 saturated carbocycles. The predicted molar refractivity (Wildman–Crippen MR) is 107 cm³/mol. The highest BCUT2D eigenvalue weighted by molar-refractivity contribution is 7.09. The summed E-state index contributed by atoms with van der Waals surface area (Å²) in [7, 11) is 0. The van der Waals surface area contributed by atoms with Gasteiger partial charge in [-0.1, -0.05) is 6.07 Å². The molecular formula is C21H26N2O3S. The number of hydrogen-bond acceptors (Lipinski definition) is 4. The van der Waals surface area contributed by atoms with Gasteiger partial charge in [0, 0.05) is 22.5 Å². The second kappa shape index (κ2) is 9.04. The van der Waals surface area contributed by atoms with Crippen LogP contribution in [0, 0.1) is 0 Å². The van der Waals surface area contributed by atoms with Crippen molar-refractivity contribution in [3.63, 3.8) is 0 Å². The summed E-state index contributed by atoms with van der Waals surface area (Å²) in [5.74, 6) is 0.491. The monoisotopic (exact) mass is 386 g/mol. The molecule has 0 spiro atoms. The van der Waals surface area contributed by atoms with Crippen molar-refractivity contribution in [3.8, 4) is 5.75 Å². The van der Waals surface area contributed by atoms with E-state index in [0.29, 0.717) is 17.9 Å². The molecule has 1 aromatic heterocycles. The van der Waals surface area contributed by atoms with E-state index in [-0.39, 0.29) is 30.5 Å². The SMILES string of the molecule is CC1CCCC(C)N1C(=O)COc1ccc(C(=O)NCc2cccs2)cc1. The Kier molecular flexibility index (Phi) is 6.50. The van der Waals surface area contributed by atoms with E-state index in [2.05, 4.69) is 19.2 Å². The maximum atomic E-state index is 12.5. The minimum atomic E-state index is -0.123. The highest BCUT2D eigenvalue weighted by Crippen LogP contribution is 2.23. The number of piperidine rings is 1. The summed E-state index contributed by atoms with van der Waals surface area (Å²) in [6.07, 6.45) is 3.26. The zero-order valence-electron chi connectivity index (χ0n) is 15.8. The molecule has 1 aromatic carbocycles. The lowest BCUT2D eigenvalue weighted by Gasteiger charge is -2.38. The molecule has 1 saturated heterocycles. The third-order valence-corrected chi connectivity index (χ3v) is 5.84. The number of hydrogen-bond donors (Lipinski definition) is 1. The smallest absolute Gasteiger partial charge is 0.260 e. The molecule has 27 heavy (non-hydrogen) atoms. The normalized spacial score (nSPS) is 19.6. The Morgan fingerprint density at radius 1 is 1.15 bits per heavy atom. The van der Waals surface area contributed by atoms with Crippen LogP contribution in [-0.2, 0) is 11.3 Å². The summed E-state index contributed by atoms with van der Waals surface area (Å²) < 4.78 is 5.65. The Morgan fingerprint density at radius 2 is 1.85 bits per heavy atom. The van der Waals surface area contributed by atoms with E-state index in [1.165, 1.54) is 6.42 Å². The molecule has 6 heteroatoms. The van der Waals surface area contributed by atoms with Gasteiger partial charge in [0.2, 0.25) is 0 Å². The van der Waals surface area contributed by atoms with Gasteiger partial charge in [0.15, 0.2) is 6.61 Å². The topological polar surface area (TPSA) is 58.6 Å². The Balaban J connectivity index is 1.50. The Labute approximate surface area is 164 Å². The van der Waals surface area contributed by atoms with Crippen LogP contribution in [0.25, 0.3) is 0 Å². The van der Waals surface area contributed by atoms with Crippen molar-refractivity contribution >= 4 is 23.2 Å². The van der Waals surface area contributed by atoms with Gasteiger partial charge in [0.1, 0.15) is 5.75 Å². The number of likely N-dealkylation sites (tertiary alicyclic amines) is 1. The molecule has 2 heterocycles. The molecule has 2 amide bonds. The summed E-state index contributed by atoms with van der Waals surface area (Å²) in [4.78, 5) is 27.7. The first-order valence-corrected chi connectivity index (χ1v) is 10.3. The minimum Gasteiger partial charge on any atom is -0.484 e. The van der Waals surface area contributed by atoms with E-state index in [0.717, 1.165) is 17.7 Å². The quantitative estimate of drug-likeness (QED) is 0.820. The van der Waals surface area contributed by atoms with E-state index in [1.54, 1.807) is 35.6 Å². The average molecular weight is 387 g/mol. The Morgan fingerprint density at radius 3 is 2.48 bits per heavy atom. The van der Waals surface area contributed by atoms with E-state index in [1.807, 2.05) is 22.4 Å². The minimum absolute atomic E-state index is 0.0208. The number of ether oxygens (including phenoxy) is 1. The summed E-state index contributed by atoms with van der Waals surface area (Å²) >= 11 is 1.61. The fourth-order valence-corrected chi connectivity index (χ4v) is 4.16. The van der Waals surface area contributed by atoms with Gasteiger partial charge < -0.3 is 15.0 Å². The van der Waals surface area contributed by atoms with Gasteiger partial charge in [0.25, 0.3) is 11.8 Å². The fourth-order valence-electron chi connectivity index (χ4n) is 3.52. The van der Waals surface area contributed by atoms with Crippen molar-refractivity contribution in [2.75, 3.05) is 6.61 Å². The molecule has 1 fully saturated rings. The van der Waals surface area contributed by atoms with Crippen molar-refractivity contribution in [1.29, 1.82) is 0 Å². The van der Waals surface area contributed by atoms with Gasteiger partial charge >= 0.3 is 0 Å². The molecule has 144 valence electrons. The summed E-state index contributed by atoms with van der Waals surface area (Å²) in [6, 6.07) is 11.4. The van der Waals surface area contributed by atoms with Gasteiger partial charge in [-0.15, -0.1) is 11.3 Å². The van der Waals surface area contributed by atoms with Crippen LogP contribution in [-0.4, -0.2) is 35.4 Å². The predicted octanol–water partition coefficient (Wildman–Crippen LogP) is 3.85. The van der Waals surface area contributed by atoms with E-state index >= 15 is 0 Å². The number of nitrogens with zero attached hydrogens (tertiary/aromatic N) is 1. The standard InChI is InChI=1S/C21H26N2O3S/c1-15-5-3-6-16(2)23(15)20(24)14-26-18-10-8-17(9-11-18)21(25)22-13-19-7-4-12-27-19/h4,7-12,15-16H,3,5-6,13-14H2,1-2H3,(H,22,25). The van der Waals surface area contributed by atoms with Crippen molar-refractivity contribution in [1.82, 2.24) is 10.2 Å². The molecule has 0 bridgehead atoms. The largest absolute Gasteiger partial charge is 0.484 e. The van der Waals surface area contributed by atoms with Crippen LogP contribution < -0.4 is 10.1 Å². The van der Waals surface area contributed by atoms with Crippen LogP contribution in [0.1, 0.15) is 48.3 Å². The van der Waals surface area contributed by atoms with E-state index in [4.69, 9.17) is 4.74 Å². The van der Waals surface area contributed by atoms with Gasteiger partial charge in [-0.2, -0.15) is 0 Å². The molecule has 2 unspecified atom stereocenters. The Hall–Kier alpha value is -2.34. The molecule has 5 nitrogen and oxygen atoms in total. The highest BCUT2D eigenvalue weighted by Gasteiger charge is 2.28. The van der Waals surface area contributed by atoms with Gasteiger partial charge in [-0.25, -0.2) is 0 Å². The first-order chi connectivity index (χ1) is 13.0. The van der Waals surface area contributed by atoms with E-state index in [9.17, 15) is 9.59 Å². The van der Waals surface area contributed by atoms with Crippen LogP contribution in [0.15, 0.2) is 41.8 Å². The zero-order valence-corrected chi connectivity index (χ0v) is 16.6. The van der Waals surface area contributed by atoms with Gasteiger partial charge in [-0.05, 0) is 68.8 Å². The molecule has 1 N–H and O–H groups in total. The number of carbonyl (C=O) groups excluding carboxylic acids is 2. The molecule has 2 atom stereocenters. The van der Waals surface area contributed by atoms with E-state index < -0.39 is 0 Å². The van der Waals surface area contributed by atoms with Crippen LogP contribution >= 0.6 is 11.3 Å². The van der Waals surface area contributed by atoms with Crippen molar-refractivity contribution in [3.05, 3.63) is 52.2 Å². The van der Waals surface area contributed by atoms with Crippen molar-refractivity contribution < 1.29 is 14.3 Å². The second-order valence-electron chi connectivity index (χ2n) is 7.01. The maximum Gasteiger partial charge on any atom is 0.260 e. The van der Waals surface area contributed by atoms with Crippen LogP contribution in [0.2, 0.25) is 0 Å². The molecule has 0 aliphatic carbocycles. The summed E-state index contributed by atoms with van der Waals surface area (Å²) in [5.41, 5.74) is 0.573. The molecule has 2 aromatic rings. The van der Waals surface area contributed by atoms with Crippen LogP contribution in [0.4, 0.5) is 0 Å². The number of benzene rings is 1. The molecule has 1 aliphatic heterocycles. The summed E-state index contributed by atoms with van der Waals surface area (Å²) in [5, 5.41) is 4.88. The van der Waals surface area contributed by atoms with Crippen molar-refractivity contribution in [2.24, 2.45) is 0 Å². The lowest BCUT2D eigenvalue weighted by molar-refractivity contribution is -0.139. The summed E-state index contributed by atoms with van der Waals surface area (Å²) in [6.45, 7) is 4.74. The number of amides is 2. The lowest BCUT2D eigenvalue weighted by Crippen LogP contribution is -2.49. The first kappa shape index (κ1) is 19.4. The fraction of sp³-hybridized carbons (Fsp3) is 0.429. The van der Waals surface area contributed by atoms with Crippen molar-refractivity contribution in [2.45, 2.75) is 51.7 Å². The molecule has 3 rings (SSSR count). The third kappa shape index (κ3) is 5.10. The number of thiophene rings is 1. The average Bonchev–Trinajstić information content (AvgIpc) is 3.18. The van der Waals surface area contributed by atoms with Crippen LogP contribution in [0.5, 0.6) is 5.75 Å². The number of nitrogens with one attached hydrogen (secondary N) is 1. The third-order valence-electron chi connectivity index (χ3n) is 4.96. The zero-order chi connectivity index (χ0) is 19.2. The Bertz CT molecular complexity index is 748. The van der Waals surface area contributed by atoms with Gasteiger partial charge in [-0.3, -0.25) is 9.59 Å². The molecule has 0 radical (unpaired) electrons. The maximum absolute atomic E-state index is 12.5. The lowest BCUT2D eigenvalue weighted by atomic mass is 9.97. The van der Waals surface area contributed by atoms with Crippen LogP contribution in [0.3, 0.4) is 0 Å². The number of rotatable bonds is 6. The first-order valence-electron chi connectivity index (χ1n) is 9.39. The molecule has 1 aliphatic rings. The number of carbonyl (C=O) groups is 2.